The van der Waals surface area contributed by atoms with Crippen LogP contribution in [-0.4, -0.2) is 11.5 Å². The Hall–Kier alpha value is -1.94. The largest absolute Gasteiger partial charge is 0.439 e. The first-order valence-electron chi connectivity index (χ1n) is 7.15. The Morgan fingerprint density at radius 1 is 1.29 bits per heavy atom. The van der Waals surface area contributed by atoms with Gasteiger partial charge in [-0.15, -0.1) is 0 Å². The van der Waals surface area contributed by atoms with E-state index in [1.54, 1.807) is 25.3 Å². The molecule has 1 aromatic heterocycles. The van der Waals surface area contributed by atoms with Gasteiger partial charge in [0.1, 0.15) is 11.6 Å². The minimum absolute atomic E-state index is 0.234. The van der Waals surface area contributed by atoms with Crippen LogP contribution in [0.3, 0.4) is 0 Å². The molecule has 2 aromatic rings. The number of rotatable bonds is 6. The highest BCUT2D eigenvalue weighted by Gasteiger charge is 2.07. The van der Waals surface area contributed by atoms with Gasteiger partial charge in [-0.25, -0.2) is 9.37 Å². The van der Waals surface area contributed by atoms with Crippen molar-refractivity contribution in [2.75, 3.05) is 6.54 Å². The summed E-state index contributed by atoms with van der Waals surface area (Å²) in [5.41, 5.74) is 1.54. The van der Waals surface area contributed by atoms with Crippen molar-refractivity contribution < 1.29 is 9.13 Å². The summed E-state index contributed by atoms with van der Waals surface area (Å²) in [6, 6.07) is 8.56. The van der Waals surface area contributed by atoms with Crippen molar-refractivity contribution in [2.45, 2.75) is 27.3 Å². The summed E-state index contributed by atoms with van der Waals surface area (Å²) >= 11 is 0. The number of hydrogen-bond donors (Lipinski definition) is 1. The highest BCUT2D eigenvalue weighted by Crippen LogP contribution is 2.24. The minimum Gasteiger partial charge on any atom is -0.439 e. The molecular formula is C17H21FN2O. The molecule has 1 N–H and O–H groups in total. The SMILES string of the molecule is Cc1cc(Oc2ncccc2CNCC(C)C)ccc1F. The first kappa shape index (κ1) is 15.4. The number of aryl methyl sites for hydroxylation is 1. The lowest BCUT2D eigenvalue weighted by Gasteiger charge is -2.12. The van der Waals surface area contributed by atoms with Gasteiger partial charge in [-0.3, -0.25) is 0 Å². The first-order chi connectivity index (χ1) is 10.1. The Kier molecular flexibility index (Phi) is 5.28. The molecule has 3 nitrogen and oxygen atoms in total. The summed E-state index contributed by atoms with van der Waals surface area (Å²) in [7, 11) is 0. The zero-order valence-corrected chi connectivity index (χ0v) is 12.7. The maximum atomic E-state index is 13.3. The van der Waals surface area contributed by atoms with E-state index in [1.807, 2.05) is 12.1 Å². The predicted octanol–water partition coefficient (Wildman–Crippen LogP) is 4.07. The third-order valence-electron chi connectivity index (χ3n) is 3.06. The zero-order chi connectivity index (χ0) is 15.2. The van der Waals surface area contributed by atoms with Crippen LogP contribution in [-0.2, 0) is 6.54 Å². The van der Waals surface area contributed by atoms with Crippen LogP contribution in [0.25, 0.3) is 0 Å². The average Bonchev–Trinajstić information content (AvgIpc) is 2.44. The molecule has 0 bridgehead atoms. The molecule has 0 saturated carbocycles. The molecule has 0 unspecified atom stereocenters. The summed E-state index contributed by atoms with van der Waals surface area (Å²) < 4.78 is 19.1. The van der Waals surface area contributed by atoms with E-state index in [0.29, 0.717) is 29.7 Å². The van der Waals surface area contributed by atoms with E-state index < -0.39 is 0 Å². The topological polar surface area (TPSA) is 34.1 Å². The van der Waals surface area contributed by atoms with Crippen LogP contribution in [0.5, 0.6) is 11.6 Å². The molecule has 0 aliphatic carbocycles. The Labute approximate surface area is 125 Å². The maximum Gasteiger partial charge on any atom is 0.223 e. The molecule has 0 fully saturated rings. The van der Waals surface area contributed by atoms with Crippen molar-refractivity contribution in [1.82, 2.24) is 10.3 Å². The number of pyridine rings is 1. The van der Waals surface area contributed by atoms with Crippen LogP contribution in [0.2, 0.25) is 0 Å². The number of nitrogens with zero attached hydrogens (tertiary/aromatic N) is 1. The Balaban J connectivity index is 2.10. The Morgan fingerprint density at radius 3 is 2.81 bits per heavy atom. The summed E-state index contributed by atoms with van der Waals surface area (Å²) in [4.78, 5) is 4.27. The van der Waals surface area contributed by atoms with Gasteiger partial charge in [0.2, 0.25) is 5.88 Å². The van der Waals surface area contributed by atoms with E-state index in [2.05, 4.69) is 24.1 Å². The third kappa shape index (κ3) is 4.53. The molecule has 2 rings (SSSR count). The van der Waals surface area contributed by atoms with E-state index in [-0.39, 0.29) is 5.82 Å². The number of hydrogen-bond acceptors (Lipinski definition) is 3. The van der Waals surface area contributed by atoms with Gasteiger partial charge in [0.05, 0.1) is 0 Å². The lowest BCUT2D eigenvalue weighted by atomic mass is 10.2. The Morgan fingerprint density at radius 2 is 2.10 bits per heavy atom. The second kappa shape index (κ2) is 7.18. The molecule has 0 aliphatic heterocycles. The molecular weight excluding hydrogens is 267 g/mol. The standard InChI is InChI=1S/C17H21FN2O/c1-12(2)10-19-11-14-5-4-8-20-17(14)21-15-6-7-16(18)13(3)9-15/h4-9,12,19H,10-11H2,1-3H3. The molecule has 1 heterocycles. The highest BCUT2D eigenvalue weighted by atomic mass is 19.1. The predicted molar refractivity (Wildman–Crippen MR) is 82.0 cm³/mol. The quantitative estimate of drug-likeness (QED) is 0.870. The molecule has 0 radical (unpaired) electrons. The average molecular weight is 288 g/mol. The minimum atomic E-state index is -0.234. The molecule has 0 aliphatic rings. The van der Waals surface area contributed by atoms with Crippen molar-refractivity contribution >= 4 is 0 Å². The molecule has 1 aromatic carbocycles. The molecule has 0 amide bonds. The zero-order valence-electron chi connectivity index (χ0n) is 12.7. The van der Waals surface area contributed by atoms with Crippen molar-refractivity contribution in [2.24, 2.45) is 5.92 Å². The van der Waals surface area contributed by atoms with Gasteiger partial charge in [-0.05, 0) is 49.2 Å². The molecule has 4 heteroatoms. The number of ether oxygens (including phenoxy) is 1. The van der Waals surface area contributed by atoms with E-state index >= 15 is 0 Å². The van der Waals surface area contributed by atoms with E-state index in [9.17, 15) is 4.39 Å². The summed E-state index contributed by atoms with van der Waals surface area (Å²) in [5, 5.41) is 3.37. The van der Waals surface area contributed by atoms with Crippen LogP contribution in [0, 0.1) is 18.7 Å². The van der Waals surface area contributed by atoms with E-state index in [4.69, 9.17) is 4.74 Å². The third-order valence-corrected chi connectivity index (χ3v) is 3.06. The number of benzene rings is 1. The monoisotopic (exact) mass is 288 g/mol. The second-order valence-electron chi connectivity index (χ2n) is 5.51. The fraction of sp³-hybridized carbons (Fsp3) is 0.353. The van der Waals surface area contributed by atoms with Crippen molar-refractivity contribution in [3.05, 3.63) is 53.5 Å². The van der Waals surface area contributed by atoms with Gasteiger partial charge in [-0.1, -0.05) is 19.9 Å². The van der Waals surface area contributed by atoms with Gasteiger partial charge >= 0.3 is 0 Å². The summed E-state index contributed by atoms with van der Waals surface area (Å²) in [6.07, 6.45) is 1.69. The van der Waals surface area contributed by atoms with Crippen molar-refractivity contribution in [3.8, 4) is 11.6 Å². The lowest BCUT2D eigenvalue weighted by Crippen LogP contribution is -2.19. The maximum absolute atomic E-state index is 13.3. The molecule has 0 saturated heterocycles. The number of nitrogens with one attached hydrogen (secondary N) is 1. The smallest absolute Gasteiger partial charge is 0.223 e. The molecule has 0 atom stereocenters. The van der Waals surface area contributed by atoms with Gasteiger partial charge in [0.25, 0.3) is 0 Å². The molecule has 21 heavy (non-hydrogen) atoms. The second-order valence-corrected chi connectivity index (χ2v) is 5.51. The highest BCUT2D eigenvalue weighted by molar-refractivity contribution is 5.34. The number of aromatic nitrogens is 1. The van der Waals surface area contributed by atoms with E-state index in [1.165, 1.54) is 6.07 Å². The van der Waals surface area contributed by atoms with Gasteiger partial charge in [0.15, 0.2) is 0 Å². The van der Waals surface area contributed by atoms with Gasteiger partial charge in [-0.2, -0.15) is 0 Å². The van der Waals surface area contributed by atoms with Crippen LogP contribution in [0.15, 0.2) is 36.5 Å². The van der Waals surface area contributed by atoms with Gasteiger partial charge in [0, 0.05) is 18.3 Å². The Bertz CT molecular complexity index is 599. The fourth-order valence-corrected chi connectivity index (χ4v) is 1.94. The van der Waals surface area contributed by atoms with Crippen molar-refractivity contribution in [1.29, 1.82) is 0 Å². The lowest BCUT2D eigenvalue weighted by molar-refractivity contribution is 0.448. The summed E-state index contributed by atoms with van der Waals surface area (Å²) in [6.45, 7) is 7.67. The van der Waals surface area contributed by atoms with Gasteiger partial charge < -0.3 is 10.1 Å². The number of halogens is 1. The van der Waals surface area contributed by atoms with Crippen LogP contribution < -0.4 is 10.1 Å². The molecule has 112 valence electrons. The first-order valence-corrected chi connectivity index (χ1v) is 7.15. The van der Waals surface area contributed by atoms with Crippen molar-refractivity contribution in [3.63, 3.8) is 0 Å². The van der Waals surface area contributed by atoms with E-state index in [0.717, 1.165) is 12.1 Å². The molecule has 0 spiro atoms. The van der Waals surface area contributed by atoms with Crippen LogP contribution in [0.4, 0.5) is 4.39 Å². The normalized spacial score (nSPS) is 10.9. The summed E-state index contributed by atoms with van der Waals surface area (Å²) in [5.74, 6) is 1.51. The van der Waals surface area contributed by atoms with Crippen LogP contribution >= 0.6 is 0 Å². The fourth-order valence-electron chi connectivity index (χ4n) is 1.94. The van der Waals surface area contributed by atoms with Crippen LogP contribution in [0.1, 0.15) is 25.0 Å².